The third-order valence-corrected chi connectivity index (χ3v) is 2.91. The molecule has 0 saturated heterocycles. The van der Waals surface area contributed by atoms with Gasteiger partial charge in [0.15, 0.2) is 0 Å². The van der Waals surface area contributed by atoms with Crippen LogP contribution in [0.15, 0.2) is 30.3 Å². The van der Waals surface area contributed by atoms with Crippen molar-refractivity contribution in [1.82, 2.24) is 5.48 Å². The van der Waals surface area contributed by atoms with E-state index in [0.717, 1.165) is 25.7 Å². The molecule has 0 spiro atoms. The number of hydroxylamine groups is 1. The van der Waals surface area contributed by atoms with Gasteiger partial charge in [0.1, 0.15) is 0 Å². The lowest BCUT2D eigenvalue weighted by Crippen LogP contribution is -2.17. The first-order valence-corrected chi connectivity index (χ1v) is 6.75. The molecule has 19 heavy (non-hydrogen) atoms. The van der Waals surface area contributed by atoms with Gasteiger partial charge in [0, 0.05) is 6.42 Å². The number of hydrogen-bond acceptors (Lipinski definition) is 3. The minimum atomic E-state index is -0.378. The van der Waals surface area contributed by atoms with Crippen LogP contribution in [0.25, 0.3) is 0 Å². The Balaban J connectivity index is 1.91. The summed E-state index contributed by atoms with van der Waals surface area (Å²) >= 11 is 0. The quantitative estimate of drug-likeness (QED) is 0.401. The standard InChI is InChI=1S/C15H21NO3/c17-13-16-19-15(18)12-8-3-1-2-5-9-14-10-6-4-7-11-14/h4,6-7,10-11,13H,1-3,5,8-9,12H2,(H,16,17). The number of rotatable bonds is 10. The number of carbonyl (C=O) groups excluding carboxylic acids is 2. The van der Waals surface area contributed by atoms with Gasteiger partial charge in [-0.05, 0) is 24.8 Å². The van der Waals surface area contributed by atoms with Crippen molar-refractivity contribution in [3.05, 3.63) is 35.9 Å². The molecule has 0 atom stereocenters. The molecule has 1 amide bonds. The van der Waals surface area contributed by atoms with E-state index in [9.17, 15) is 9.59 Å². The van der Waals surface area contributed by atoms with E-state index in [-0.39, 0.29) is 5.97 Å². The molecule has 0 aliphatic rings. The second-order valence-corrected chi connectivity index (χ2v) is 4.46. The monoisotopic (exact) mass is 263 g/mol. The zero-order valence-electron chi connectivity index (χ0n) is 11.1. The van der Waals surface area contributed by atoms with Crippen molar-refractivity contribution in [2.45, 2.75) is 44.9 Å². The van der Waals surface area contributed by atoms with Crippen LogP contribution in [0.2, 0.25) is 0 Å². The van der Waals surface area contributed by atoms with Crippen molar-refractivity contribution >= 4 is 12.4 Å². The van der Waals surface area contributed by atoms with Gasteiger partial charge in [0.25, 0.3) is 0 Å². The van der Waals surface area contributed by atoms with Gasteiger partial charge in [0.2, 0.25) is 6.41 Å². The highest BCUT2D eigenvalue weighted by Gasteiger charge is 2.01. The average Bonchev–Trinajstić information content (AvgIpc) is 2.45. The summed E-state index contributed by atoms with van der Waals surface area (Å²) in [7, 11) is 0. The fourth-order valence-corrected chi connectivity index (χ4v) is 1.91. The predicted molar refractivity (Wildman–Crippen MR) is 73.1 cm³/mol. The van der Waals surface area contributed by atoms with E-state index >= 15 is 0 Å². The topological polar surface area (TPSA) is 55.4 Å². The minimum Gasteiger partial charge on any atom is -0.341 e. The van der Waals surface area contributed by atoms with Crippen LogP contribution in [0.5, 0.6) is 0 Å². The van der Waals surface area contributed by atoms with Crippen LogP contribution in [-0.4, -0.2) is 12.4 Å². The Morgan fingerprint density at radius 3 is 2.47 bits per heavy atom. The van der Waals surface area contributed by atoms with Gasteiger partial charge in [-0.3, -0.25) is 4.79 Å². The number of benzene rings is 1. The lowest BCUT2D eigenvalue weighted by Gasteiger charge is -2.03. The van der Waals surface area contributed by atoms with Crippen LogP contribution >= 0.6 is 0 Å². The Morgan fingerprint density at radius 1 is 1.05 bits per heavy atom. The van der Waals surface area contributed by atoms with Crippen molar-refractivity contribution in [2.75, 3.05) is 0 Å². The zero-order valence-corrected chi connectivity index (χ0v) is 11.1. The number of unbranched alkanes of at least 4 members (excludes halogenated alkanes) is 4. The van der Waals surface area contributed by atoms with Crippen LogP contribution in [0.1, 0.15) is 44.1 Å². The van der Waals surface area contributed by atoms with Gasteiger partial charge >= 0.3 is 5.97 Å². The first-order valence-electron chi connectivity index (χ1n) is 6.75. The van der Waals surface area contributed by atoms with E-state index in [0.29, 0.717) is 12.8 Å². The van der Waals surface area contributed by atoms with Crippen LogP contribution < -0.4 is 5.48 Å². The molecule has 1 N–H and O–H groups in total. The maximum Gasteiger partial charge on any atom is 0.332 e. The van der Waals surface area contributed by atoms with Gasteiger partial charge in [-0.15, -0.1) is 0 Å². The van der Waals surface area contributed by atoms with Gasteiger partial charge < -0.3 is 4.84 Å². The molecule has 1 aromatic rings. The summed E-state index contributed by atoms with van der Waals surface area (Å²) in [6.45, 7) is 0. The highest BCUT2D eigenvalue weighted by Crippen LogP contribution is 2.09. The Bertz CT molecular complexity index is 365. The lowest BCUT2D eigenvalue weighted by molar-refractivity contribution is -0.154. The molecule has 0 fully saturated rings. The molecule has 1 aromatic carbocycles. The normalized spacial score (nSPS) is 9.89. The summed E-state index contributed by atoms with van der Waals surface area (Å²) < 4.78 is 0. The van der Waals surface area contributed by atoms with E-state index < -0.39 is 0 Å². The Labute approximate surface area is 114 Å². The second kappa shape index (κ2) is 10.1. The molecule has 0 heterocycles. The van der Waals surface area contributed by atoms with E-state index in [4.69, 9.17) is 0 Å². The maximum absolute atomic E-state index is 11.0. The molecular weight excluding hydrogens is 242 g/mol. The average molecular weight is 263 g/mol. The largest absolute Gasteiger partial charge is 0.341 e. The highest BCUT2D eigenvalue weighted by atomic mass is 16.7. The van der Waals surface area contributed by atoms with Crippen molar-refractivity contribution in [3.63, 3.8) is 0 Å². The SMILES string of the molecule is O=CNOC(=O)CCCCCCCc1ccccc1. The van der Waals surface area contributed by atoms with Gasteiger partial charge in [-0.25, -0.2) is 4.79 Å². The molecule has 0 aliphatic heterocycles. The fourth-order valence-electron chi connectivity index (χ4n) is 1.91. The maximum atomic E-state index is 11.0. The lowest BCUT2D eigenvalue weighted by atomic mass is 10.1. The summed E-state index contributed by atoms with van der Waals surface area (Å²) in [5, 5.41) is 0. The van der Waals surface area contributed by atoms with Crippen molar-refractivity contribution in [2.24, 2.45) is 0 Å². The Hall–Kier alpha value is -1.84. The number of aryl methyl sites for hydroxylation is 1. The third kappa shape index (κ3) is 7.97. The first-order chi connectivity index (χ1) is 9.33. The zero-order chi connectivity index (χ0) is 13.8. The van der Waals surface area contributed by atoms with E-state index in [2.05, 4.69) is 29.1 Å². The van der Waals surface area contributed by atoms with E-state index in [1.165, 1.54) is 18.4 Å². The summed E-state index contributed by atoms with van der Waals surface area (Å²) in [5.41, 5.74) is 3.28. The second-order valence-electron chi connectivity index (χ2n) is 4.46. The molecule has 4 heteroatoms. The van der Waals surface area contributed by atoms with Crippen LogP contribution in [-0.2, 0) is 20.8 Å². The molecule has 0 aliphatic carbocycles. The predicted octanol–water partition coefficient (Wildman–Crippen LogP) is 2.77. The first kappa shape index (κ1) is 15.2. The smallest absolute Gasteiger partial charge is 0.332 e. The fraction of sp³-hybridized carbons (Fsp3) is 0.467. The molecule has 0 bridgehead atoms. The Morgan fingerprint density at radius 2 is 1.74 bits per heavy atom. The van der Waals surface area contributed by atoms with Crippen molar-refractivity contribution in [1.29, 1.82) is 0 Å². The highest BCUT2D eigenvalue weighted by molar-refractivity contribution is 5.69. The van der Waals surface area contributed by atoms with Crippen LogP contribution in [0, 0.1) is 0 Å². The van der Waals surface area contributed by atoms with Gasteiger partial charge in [0.05, 0.1) is 0 Å². The van der Waals surface area contributed by atoms with E-state index in [1.807, 2.05) is 11.5 Å². The number of nitrogens with one attached hydrogen (secondary N) is 1. The van der Waals surface area contributed by atoms with Gasteiger partial charge in [-0.2, -0.15) is 5.48 Å². The van der Waals surface area contributed by atoms with Crippen molar-refractivity contribution in [3.8, 4) is 0 Å². The summed E-state index contributed by atoms with van der Waals surface area (Å²) in [6, 6.07) is 10.5. The summed E-state index contributed by atoms with van der Waals surface area (Å²) in [6.07, 6.45) is 7.14. The molecule has 1 rings (SSSR count). The van der Waals surface area contributed by atoms with E-state index in [1.54, 1.807) is 0 Å². The molecule has 4 nitrogen and oxygen atoms in total. The minimum absolute atomic E-state index is 0.349. The van der Waals surface area contributed by atoms with Crippen LogP contribution in [0.4, 0.5) is 0 Å². The summed E-state index contributed by atoms with van der Waals surface area (Å²) in [5.74, 6) is -0.378. The Kier molecular flexibility index (Phi) is 8.10. The molecule has 104 valence electrons. The molecule has 0 saturated carbocycles. The number of hydrogen-bond donors (Lipinski definition) is 1. The van der Waals surface area contributed by atoms with Crippen LogP contribution in [0.3, 0.4) is 0 Å². The molecular formula is C15H21NO3. The summed E-state index contributed by atoms with van der Waals surface area (Å²) in [4.78, 5) is 25.3. The number of amides is 1. The van der Waals surface area contributed by atoms with Crippen molar-refractivity contribution < 1.29 is 14.4 Å². The molecule has 0 aromatic heterocycles. The van der Waals surface area contributed by atoms with Gasteiger partial charge in [-0.1, -0.05) is 49.6 Å². The number of carbonyl (C=O) groups is 2. The molecule has 0 radical (unpaired) electrons. The molecule has 0 unspecified atom stereocenters. The third-order valence-electron chi connectivity index (χ3n) is 2.91.